The summed E-state index contributed by atoms with van der Waals surface area (Å²) in [5, 5.41) is 21.0. The maximum Gasteiger partial charge on any atom is 0.192 e. The molecule has 31 heavy (non-hydrogen) atoms. The lowest BCUT2D eigenvalue weighted by molar-refractivity contribution is -0.116. The van der Waals surface area contributed by atoms with Crippen molar-refractivity contribution in [1.82, 2.24) is 19.7 Å². The number of ketones is 1. The van der Waals surface area contributed by atoms with Gasteiger partial charge in [0.1, 0.15) is 10.8 Å². The lowest BCUT2D eigenvalue weighted by atomic mass is 9.95. The first-order valence-corrected chi connectivity index (χ1v) is 12.1. The molecule has 4 rings (SSSR count). The summed E-state index contributed by atoms with van der Waals surface area (Å²) in [5.74, 6) is -0.870. The molecule has 0 radical (unpaired) electrons. The molecular formula is C22H22FN5OS2. The summed E-state index contributed by atoms with van der Waals surface area (Å²) >= 11 is 2.58. The minimum atomic E-state index is -0.886. The summed E-state index contributed by atoms with van der Waals surface area (Å²) in [4.78, 5) is 17.1. The maximum absolute atomic E-state index is 14.5. The number of nitrogens with zero attached hydrogens (tertiary/aromatic N) is 5. The lowest BCUT2D eigenvalue weighted by Gasteiger charge is -2.25. The molecule has 0 spiro atoms. The second-order valence-corrected chi connectivity index (χ2v) is 9.42. The smallest absolute Gasteiger partial charge is 0.192 e. The Labute approximate surface area is 188 Å². The molecule has 1 aliphatic rings. The van der Waals surface area contributed by atoms with Gasteiger partial charge < -0.3 is 0 Å². The normalized spacial score (nSPS) is 15.5. The van der Waals surface area contributed by atoms with Crippen molar-refractivity contribution in [2.24, 2.45) is 0 Å². The number of thioether (sulfide) groups is 1. The Kier molecular flexibility index (Phi) is 6.78. The van der Waals surface area contributed by atoms with E-state index in [9.17, 15) is 14.4 Å². The first-order valence-electron chi connectivity index (χ1n) is 10.3. The Bertz CT molecular complexity index is 1110. The number of halogens is 1. The molecule has 0 unspecified atom stereocenters. The minimum Gasteiger partial charge on any atom is -0.299 e. The average molecular weight is 456 g/mol. The van der Waals surface area contributed by atoms with E-state index < -0.39 is 5.92 Å². The highest BCUT2D eigenvalue weighted by atomic mass is 32.2. The summed E-state index contributed by atoms with van der Waals surface area (Å²) in [6, 6.07) is 8.80. The van der Waals surface area contributed by atoms with E-state index in [4.69, 9.17) is 0 Å². The zero-order chi connectivity index (χ0) is 21.8. The molecule has 6 nitrogen and oxygen atoms in total. The zero-order valence-corrected chi connectivity index (χ0v) is 18.8. The van der Waals surface area contributed by atoms with Crippen LogP contribution in [-0.4, -0.2) is 31.3 Å². The Hall–Kier alpha value is -2.57. The molecular weight excluding hydrogens is 433 g/mol. The van der Waals surface area contributed by atoms with Crippen molar-refractivity contribution in [3.8, 4) is 17.5 Å². The molecule has 0 N–H and O–H groups in total. The summed E-state index contributed by atoms with van der Waals surface area (Å²) in [7, 11) is 0. The summed E-state index contributed by atoms with van der Waals surface area (Å²) < 4.78 is 16.5. The SMILES string of the molecule is Cc1csc([C@@H](C#N)C(=O)CSc2nnc(-c3ccccc3F)n2C2CCCCC2)n1. The fourth-order valence-electron chi connectivity index (χ4n) is 3.86. The van der Waals surface area contributed by atoms with Gasteiger partial charge in [-0.2, -0.15) is 5.26 Å². The summed E-state index contributed by atoms with van der Waals surface area (Å²) in [6.07, 6.45) is 5.33. The lowest BCUT2D eigenvalue weighted by Crippen LogP contribution is -2.17. The van der Waals surface area contributed by atoms with E-state index in [1.54, 1.807) is 18.2 Å². The van der Waals surface area contributed by atoms with Crippen LogP contribution in [0.1, 0.15) is 54.8 Å². The molecule has 0 bridgehead atoms. The number of hydrogen-bond donors (Lipinski definition) is 0. The van der Waals surface area contributed by atoms with Crippen molar-refractivity contribution in [2.45, 2.75) is 56.1 Å². The number of benzene rings is 1. The fraction of sp³-hybridized carbons (Fsp3) is 0.409. The van der Waals surface area contributed by atoms with Gasteiger partial charge in [0.05, 0.1) is 17.4 Å². The number of hydrogen-bond acceptors (Lipinski definition) is 7. The number of Topliss-reactive ketones (excluding diaryl/α,β-unsaturated/α-hetero) is 1. The van der Waals surface area contributed by atoms with Crippen molar-refractivity contribution in [3.63, 3.8) is 0 Å². The highest BCUT2D eigenvalue weighted by molar-refractivity contribution is 7.99. The van der Waals surface area contributed by atoms with Gasteiger partial charge in [-0.3, -0.25) is 9.36 Å². The van der Waals surface area contributed by atoms with E-state index in [0.29, 0.717) is 21.6 Å². The first kappa shape index (κ1) is 21.7. The number of rotatable bonds is 7. The van der Waals surface area contributed by atoms with Crippen LogP contribution in [0, 0.1) is 24.1 Å². The van der Waals surface area contributed by atoms with Crippen molar-refractivity contribution < 1.29 is 9.18 Å². The van der Waals surface area contributed by atoms with Crippen molar-refractivity contribution in [2.75, 3.05) is 5.75 Å². The van der Waals surface area contributed by atoms with E-state index in [0.717, 1.165) is 31.4 Å². The highest BCUT2D eigenvalue weighted by Gasteiger charge is 2.28. The van der Waals surface area contributed by atoms with Gasteiger partial charge >= 0.3 is 0 Å². The molecule has 1 aromatic carbocycles. The molecule has 2 heterocycles. The van der Waals surface area contributed by atoms with Crippen LogP contribution in [-0.2, 0) is 4.79 Å². The van der Waals surface area contributed by atoms with Gasteiger partial charge in [0.25, 0.3) is 0 Å². The van der Waals surface area contributed by atoms with E-state index in [2.05, 4.69) is 21.3 Å². The molecule has 160 valence electrons. The van der Waals surface area contributed by atoms with Gasteiger partial charge in [0, 0.05) is 17.1 Å². The second kappa shape index (κ2) is 9.71. The quantitative estimate of drug-likeness (QED) is 0.448. The zero-order valence-electron chi connectivity index (χ0n) is 17.1. The van der Waals surface area contributed by atoms with Gasteiger partial charge in [0.15, 0.2) is 22.7 Å². The van der Waals surface area contributed by atoms with Crippen LogP contribution in [0.15, 0.2) is 34.8 Å². The van der Waals surface area contributed by atoms with Crippen LogP contribution in [0.25, 0.3) is 11.4 Å². The molecule has 1 atom stereocenters. The Morgan fingerprint density at radius 1 is 1.32 bits per heavy atom. The van der Waals surface area contributed by atoms with Crippen LogP contribution in [0.4, 0.5) is 4.39 Å². The third-order valence-corrected chi connectivity index (χ3v) is 7.39. The maximum atomic E-state index is 14.5. The number of carbonyl (C=O) groups is 1. The third kappa shape index (κ3) is 4.70. The molecule has 1 fully saturated rings. The summed E-state index contributed by atoms with van der Waals surface area (Å²) in [5.41, 5.74) is 1.21. The van der Waals surface area contributed by atoms with Crippen molar-refractivity contribution in [3.05, 3.63) is 46.2 Å². The first-order chi connectivity index (χ1) is 15.1. The topological polar surface area (TPSA) is 84.5 Å². The number of nitriles is 1. The van der Waals surface area contributed by atoms with Gasteiger partial charge in [-0.25, -0.2) is 9.37 Å². The average Bonchev–Trinajstić information content (AvgIpc) is 3.40. The number of thiazole rings is 1. The molecule has 3 aromatic rings. The van der Waals surface area contributed by atoms with E-state index in [1.165, 1.54) is 35.6 Å². The second-order valence-electron chi connectivity index (χ2n) is 7.59. The largest absolute Gasteiger partial charge is 0.299 e. The molecule has 0 amide bonds. The van der Waals surface area contributed by atoms with Gasteiger partial charge in [-0.1, -0.05) is 43.2 Å². The predicted molar refractivity (Wildman–Crippen MR) is 118 cm³/mol. The van der Waals surface area contributed by atoms with E-state index in [1.807, 2.05) is 16.9 Å². The monoisotopic (exact) mass is 455 g/mol. The van der Waals surface area contributed by atoms with Crippen LogP contribution >= 0.6 is 23.1 Å². The molecule has 9 heteroatoms. The molecule has 1 saturated carbocycles. The van der Waals surface area contributed by atoms with Crippen molar-refractivity contribution in [1.29, 1.82) is 5.26 Å². The van der Waals surface area contributed by atoms with Crippen LogP contribution in [0.2, 0.25) is 0 Å². The minimum absolute atomic E-state index is 0.0823. The Morgan fingerprint density at radius 2 is 2.10 bits per heavy atom. The summed E-state index contributed by atoms with van der Waals surface area (Å²) in [6.45, 7) is 1.84. The van der Waals surface area contributed by atoms with Gasteiger partial charge in [-0.05, 0) is 31.9 Å². The van der Waals surface area contributed by atoms with E-state index >= 15 is 0 Å². The van der Waals surface area contributed by atoms with Crippen LogP contribution < -0.4 is 0 Å². The third-order valence-electron chi connectivity index (χ3n) is 5.40. The highest BCUT2D eigenvalue weighted by Crippen LogP contribution is 2.36. The van der Waals surface area contributed by atoms with Gasteiger partial charge in [0.2, 0.25) is 0 Å². The fourth-order valence-corrected chi connectivity index (χ4v) is 5.63. The number of aryl methyl sites for hydroxylation is 1. The standard InChI is InChI=1S/C22H22FN5OS2/c1-14-12-30-21(25-14)17(11-24)19(29)13-31-22-27-26-20(16-9-5-6-10-18(16)23)28(22)15-7-3-2-4-8-15/h5-6,9-10,12,15,17H,2-4,7-8,13H2,1H3/t17-/m0/s1. The van der Waals surface area contributed by atoms with Crippen LogP contribution in [0.5, 0.6) is 0 Å². The molecule has 2 aromatic heterocycles. The van der Waals surface area contributed by atoms with E-state index in [-0.39, 0.29) is 23.4 Å². The molecule has 0 saturated heterocycles. The molecule has 0 aliphatic heterocycles. The Balaban J connectivity index is 1.60. The van der Waals surface area contributed by atoms with Crippen LogP contribution in [0.3, 0.4) is 0 Å². The number of carbonyl (C=O) groups excluding carboxylic acids is 1. The Morgan fingerprint density at radius 3 is 2.77 bits per heavy atom. The number of aromatic nitrogens is 4. The van der Waals surface area contributed by atoms with Gasteiger partial charge in [-0.15, -0.1) is 21.5 Å². The molecule has 1 aliphatic carbocycles. The predicted octanol–water partition coefficient (Wildman–Crippen LogP) is 5.32. The van der Waals surface area contributed by atoms with Crippen molar-refractivity contribution >= 4 is 28.9 Å².